The van der Waals surface area contributed by atoms with Crippen molar-refractivity contribution >= 4 is 11.6 Å². The summed E-state index contributed by atoms with van der Waals surface area (Å²) in [6, 6.07) is 4.35. The Hall–Kier alpha value is -1.62. The fraction of sp³-hybridized carbons (Fsp3) is 0.538. The van der Waals surface area contributed by atoms with Crippen molar-refractivity contribution in [3.05, 3.63) is 23.9 Å². The van der Waals surface area contributed by atoms with Gasteiger partial charge >= 0.3 is 0 Å². The number of ether oxygens (including phenoxy) is 1. The molecule has 2 aromatic heterocycles. The highest BCUT2D eigenvalue weighted by atomic mass is 16.5. The lowest BCUT2D eigenvalue weighted by atomic mass is 10.2. The highest BCUT2D eigenvalue weighted by Crippen LogP contribution is 2.24. The third-order valence-corrected chi connectivity index (χ3v) is 3.63. The number of rotatable bonds is 3. The van der Waals surface area contributed by atoms with Crippen molar-refractivity contribution in [3.8, 4) is 0 Å². The van der Waals surface area contributed by atoms with Crippen LogP contribution in [0.3, 0.4) is 0 Å². The van der Waals surface area contributed by atoms with Crippen LogP contribution in [0.2, 0.25) is 0 Å². The van der Waals surface area contributed by atoms with Crippen LogP contribution in [0.1, 0.15) is 24.8 Å². The molecule has 0 saturated heterocycles. The van der Waals surface area contributed by atoms with E-state index in [0.29, 0.717) is 12.0 Å². The van der Waals surface area contributed by atoms with Crippen LogP contribution in [0.25, 0.3) is 5.65 Å². The lowest BCUT2D eigenvalue weighted by Gasteiger charge is -2.18. The maximum absolute atomic E-state index is 5.47. The van der Waals surface area contributed by atoms with Crippen LogP contribution in [-0.4, -0.2) is 33.9 Å². The molecule has 0 amide bonds. The highest BCUT2D eigenvalue weighted by molar-refractivity contribution is 5.50. The zero-order chi connectivity index (χ0) is 12.5. The third-order valence-electron chi connectivity index (χ3n) is 3.63. The number of hydrogen-bond acceptors (Lipinski definition) is 4. The predicted molar refractivity (Wildman–Crippen MR) is 69.8 cm³/mol. The predicted octanol–water partition coefficient (Wildman–Crippen LogP) is 2.02. The van der Waals surface area contributed by atoms with Gasteiger partial charge in [0.2, 0.25) is 5.95 Å². The van der Waals surface area contributed by atoms with E-state index in [2.05, 4.69) is 15.4 Å². The second-order valence-electron chi connectivity index (χ2n) is 4.85. The molecule has 1 aliphatic carbocycles. The van der Waals surface area contributed by atoms with Gasteiger partial charge in [0, 0.05) is 13.3 Å². The number of hydrogen-bond donors (Lipinski definition) is 1. The first-order valence-electron chi connectivity index (χ1n) is 6.39. The molecule has 2 unspecified atom stereocenters. The topological polar surface area (TPSA) is 51.5 Å². The first-order valence-corrected chi connectivity index (χ1v) is 6.39. The molecule has 3 rings (SSSR count). The van der Waals surface area contributed by atoms with Crippen molar-refractivity contribution in [2.24, 2.45) is 0 Å². The van der Waals surface area contributed by atoms with Crippen LogP contribution in [0.5, 0.6) is 0 Å². The number of pyridine rings is 1. The highest BCUT2D eigenvalue weighted by Gasteiger charge is 2.27. The van der Waals surface area contributed by atoms with E-state index in [1.165, 1.54) is 6.42 Å². The van der Waals surface area contributed by atoms with Crippen molar-refractivity contribution in [1.29, 1.82) is 0 Å². The molecular weight excluding hydrogens is 228 g/mol. The third kappa shape index (κ3) is 1.95. The summed E-state index contributed by atoms with van der Waals surface area (Å²) in [5.74, 6) is 0.693. The van der Waals surface area contributed by atoms with E-state index in [1.807, 2.05) is 29.8 Å². The van der Waals surface area contributed by atoms with E-state index in [-0.39, 0.29) is 6.10 Å². The fourth-order valence-corrected chi connectivity index (χ4v) is 2.64. The number of nitrogens with zero attached hydrogens (tertiary/aromatic N) is 3. The molecule has 0 aromatic carbocycles. The number of nitrogens with one attached hydrogen (secondary N) is 1. The Morgan fingerprint density at radius 3 is 3.11 bits per heavy atom. The lowest BCUT2D eigenvalue weighted by molar-refractivity contribution is 0.101. The van der Waals surface area contributed by atoms with Gasteiger partial charge in [0.05, 0.1) is 12.1 Å². The van der Waals surface area contributed by atoms with E-state index in [1.54, 1.807) is 7.11 Å². The Kier molecular flexibility index (Phi) is 2.91. The standard InChI is InChI=1S/C13H18N4O/c1-9-5-4-8-17-12(9)15-13(16-17)14-10-6-3-7-11(10)18-2/h4-5,8,10-11H,3,6-7H2,1-2H3,(H,14,16). The van der Waals surface area contributed by atoms with E-state index >= 15 is 0 Å². The summed E-state index contributed by atoms with van der Waals surface area (Å²) >= 11 is 0. The molecule has 18 heavy (non-hydrogen) atoms. The molecule has 5 heteroatoms. The summed E-state index contributed by atoms with van der Waals surface area (Å²) in [5, 5.41) is 7.84. The van der Waals surface area contributed by atoms with Crippen LogP contribution in [0, 0.1) is 6.92 Å². The molecular formula is C13H18N4O. The first-order chi connectivity index (χ1) is 8.78. The minimum Gasteiger partial charge on any atom is -0.379 e. The SMILES string of the molecule is COC1CCCC1Nc1nc2c(C)cccn2n1. The minimum absolute atomic E-state index is 0.276. The molecule has 96 valence electrons. The van der Waals surface area contributed by atoms with Gasteiger partial charge in [-0.25, -0.2) is 4.52 Å². The lowest BCUT2D eigenvalue weighted by Crippen LogP contribution is -2.30. The number of methoxy groups -OCH3 is 1. The van der Waals surface area contributed by atoms with Crippen LogP contribution in [-0.2, 0) is 4.74 Å². The molecule has 5 nitrogen and oxygen atoms in total. The van der Waals surface area contributed by atoms with Crippen LogP contribution >= 0.6 is 0 Å². The van der Waals surface area contributed by atoms with Crippen LogP contribution in [0.15, 0.2) is 18.3 Å². The first kappa shape index (κ1) is 11.5. The quantitative estimate of drug-likeness (QED) is 0.900. The Morgan fingerprint density at radius 2 is 2.33 bits per heavy atom. The normalized spacial score (nSPS) is 23.7. The van der Waals surface area contributed by atoms with Crippen molar-refractivity contribution < 1.29 is 4.74 Å². The van der Waals surface area contributed by atoms with Crippen LogP contribution in [0.4, 0.5) is 5.95 Å². The zero-order valence-corrected chi connectivity index (χ0v) is 10.8. The average Bonchev–Trinajstić information content (AvgIpc) is 2.96. The Bertz CT molecular complexity index is 551. The molecule has 2 aromatic rings. The van der Waals surface area contributed by atoms with Gasteiger partial charge in [-0.3, -0.25) is 0 Å². The van der Waals surface area contributed by atoms with Gasteiger partial charge in [0.1, 0.15) is 0 Å². The van der Waals surface area contributed by atoms with Crippen LogP contribution < -0.4 is 5.32 Å². The number of fused-ring (bicyclic) bond motifs is 1. The van der Waals surface area contributed by atoms with E-state index in [4.69, 9.17) is 4.74 Å². The number of aryl methyl sites for hydroxylation is 1. The maximum Gasteiger partial charge on any atom is 0.243 e. The molecule has 0 bridgehead atoms. The molecule has 0 radical (unpaired) electrons. The average molecular weight is 246 g/mol. The second-order valence-corrected chi connectivity index (χ2v) is 4.85. The van der Waals surface area contributed by atoms with Gasteiger partial charge in [-0.05, 0) is 37.8 Å². The summed E-state index contributed by atoms with van der Waals surface area (Å²) in [5.41, 5.74) is 2.04. The molecule has 0 spiro atoms. The van der Waals surface area contributed by atoms with Gasteiger partial charge < -0.3 is 10.1 Å². The Morgan fingerprint density at radius 1 is 1.44 bits per heavy atom. The summed E-state index contributed by atoms with van der Waals surface area (Å²) in [6.07, 6.45) is 5.62. The number of aromatic nitrogens is 3. The molecule has 1 fully saturated rings. The molecule has 2 atom stereocenters. The maximum atomic E-state index is 5.47. The van der Waals surface area contributed by atoms with Gasteiger partial charge in [0.25, 0.3) is 0 Å². The van der Waals surface area contributed by atoms with Crippen molar-refractivity contribution in [3.63, 3.8) is 0 Å². The van der Waals surface area contributed by atoms with Gasteiger partial charge in [0.15, 0.2) is 5.65 Å². The fourth-order valence-electron chi connectivity index (χ4n) is 2.64. The van der Waals surface area contributed by atoms with Gasteiger partial charge in [-0.2, -0.15) is 4.98 Å². The summed E-state index contributed by atoms with van der Waals surface area (Å²) < 4.78 is 7.28. The molecule has 2 heterocycles. The molecule has 0 aliphatic heterocycles. The second kappa shape index (κ2) is 4.57. The monoisotopic (exact) mass is 246 g/mol. The summed E-state index contributed by atoms with van der Waals surface area (Å²) in [7, 11) is 1.77. The Balaban J connectivity index is 1.84. The van der Waals surface area contributed by atoms with Gasteiger partial charge in [-0.1, -0.05) is 6.07 Å². The van der Waals surface area contributed by atoms with Crippen molar-refractivity contribution in [2.75, 3.05) is 12.4 Å². The van der Waals surface area contributed by atoms with E-state index in [9.17, 15) is 0 Å². The van der Waals surface area contributed by atoms with E-state index < -0.39 is 0 Å². The summed E-state index contributed by atoms with van der Waals surface area (Å²) in [4.78, 5) is 4.53. The molecule has 1 N–H and O–H groups in total. The molecule has 1 aliphatic rings. The summed E-state index contributed by atoms with van der Waals surface area (Å²) in [6.45, 7) is 2.04. The Labute approximate surface area is 106 Å². The largest absolute Gasteiger partial charge is 0.379 e. The molecule has 1 saturated carbocycles. The smallest absolute Gasteiger partial charge is 0.243 e. The number of anilines is 1. The minimum atomic E-state index is 0.276. The van der Waals surface area contributed by atoms with Crippen molar-refractivity contribution in [2.45, 2.75) is 38.3 Å². The van der Waals surface area contributed by atoms with Gasteiger partial charge in [-0.15, -0.1) is 5.10 Å². The van der Waals surface area contributed by atoms with E-state index in [0.717, 1.165) is 24.1 Å². The van der Waals surface area contributed by atoms with Crippen molar-refractivity contribution in [1.82, 2.24) is 14.6 Å². The zero-order valence-electron chi connectivity index (χ0n) is 10.8.